The Morgan fingerprint density at radius 1 is 0.833 bits per heavy atom. The molecular weight excluding hydrogens is 264 g/mol. The topological polar surface area (TPSA) is 52.6 Å². The van der Waals surface area contributed by atoms with Crippen molar-refractivity contribution >= 4 is 31.5 Å². The standard InChI is InChI=1S/C12H22O4Si2/c1-9(2)7-17-15-11(13)5-6-12(14)16-18-8-10(3)4/h7-8H,5-6,17-18H2,1-4H3. The van der Waals surface area contributed by atoms with Crippen LogP contribution in [0.2, 0.25) is 0 Å². The van der Waals surface area contributed by atoms with Crippen LogP contribution >= 0.6 is 0 Å². The van der Waals surface area contributed by atoms with Gasteiger partial charge in [-0.05, 0) is 27.7 Å². The Labute approximate surface area is 113 Å². The van der Waals surface area contributed by atoms with Gasteiger partial charge >= 0.3 is 0 Å². The van der Waals surface area contributed by atoms with Gasteiger partial charge < -0.3 is 8.85 Å². The van der Waals surface area contributed by atoms with Crippen LogP contribution in [0.5, 0.6) is 0 Å². The minimum absolute atomic E-state index is 0.117. The van der Waals surface area contributed by atoms with E-state index in [0.717, 1.165) is 11.1 Å². The second kappa shape index (κ2) is 9.84. The first-order valence-corrected chi connectivity index (χ1v) is 8.78. The number of allylic oxidation sites excluding steroid dienone is 2. The van der Waals surface area contributed by atoms with Crippen LogP contribution in [-0.2, 0) is 18.4 Å². The first kappa shape index (κ1) is 16.9. The molecular formula is C12H22O4Si2. The zero-order valence-corrected chi connectivity index (χ0v) is 14.4. The van der Waals surface area contributed by atoms with Crippen molar-refractivity contribution in [1.29, 1.82) is 0 Å². The van der Waals surface area contributed by atoms with Gasteiger partial charge in [-0.3, -0.25) is 9.59 Å². The molecule has 0 rings (SSSR count). The number of carbonyl (C=O) groups excluding carboxylic acids is 2. The van der Waals surface area contributed by atoms with E-state index in [1.165, 1.54) is 0 Å². The van der Waals surface area contributed by atoms with Crippen LogP contribution in [0.15, 0.2) is 22.5 Å². The Bertz CT molecular complexity index is 306. The van der Waals surface area contributed by atoms with Crippen molar-refractivity contribution in [1.82, 2.24) is 0 Å². The Morgan fingerprint density at radius 3 is 1.44 bits per heavy atom. The second-order valence-corrected chi connectivity index (χ2v) is 6.49. The SMILES string of the molecule is CC(C)=C[SiH2]OC(=O)CCC(=O)O[SiH2]C=C(C)C. The molecule has 0 saturated carbocycles. The molecule has 0 aromatic rings. The smallest absolute Gasteiger partial charge is 0.292 e. The molecule has 0 radical (unpaired) electrons. The van der Waals surface area contributed by atoms with E-state index in [4.69, 9.17) is 8.85 Å². The first-order chi connectivity index (χ1) is 8.41. The molecule has 0 aliphatic heterocycles. The Balaban J connectivity index is 3.69. The summed E-state index contributed by atoms with van der Waals surface area (Å²) in [5.74, 6) is -0.611. The van der Waals surface area contributed by atoms with Gasteiger partial charge in [-0.2, -0.15) is 0 Å². The second-order valence-electron chi connectivity index (χ2n) is 4.43. The lowest BCUT2D eigenvalue weighted by Crippen LogP contribution is -2.12. The Kier molecular flexibility index (Phi) is 9.21. The molecule has 102 valence electrons. The fraction of sp³-hybridized carbons (Fsp3) is 0.500. The highest BCUT2D eigenvalue weighted by Gasteiger charge is 2.07. The molecule has 0 aromatic carbocycles. The van der Waals surface area contributed by atoms with E-state index < -0.39 is 19.5 Å². The van der Waals surface area contributed by atoms with Gasteiger partial charge in [0, 0.05) is 0 Å². The molecule has 0 bridgehead atoms. The van der Waals surface area contributed by atoms with Crippen LogP contribution in [0.3, 0.4) is 0 Å². The molecule has 0 heterocycles. The summed E-state index contributed by atoms with van der Waals surface area (Å²) >= 11 is 0. The average molecular weight is 286 g/mol. The van der Waals surface area contributed by atoms with E-state index in [1.54, 1.807) is 0 Å². The van der Waals surface area contributed by atoms with Gasteiger partial charge in [-0.15, -0.1) is 0 Å². The van der Waals surface area contributed by atoms with Crippen molar-refractivity contribution in [2.75, 3.05) is 0 Å². The third-order valence-corrected chi connectivity index (χ3v) is 4.95. The predicted octanol–water partition coefficient (Wildman–Crippen LogP) is 0.868. The highest BCUT2D eigenvalue weighted by Crippen LogP contribution is 1.97. The van der Waals surface area contributed by atoms with E-state index in [9.17, 15) is 9.59 Å². The van der Waals surface area contributed by atoms with E-state index in [0.29, 0.717) is 0 Å². The number of hydrogen-bond acceptors (Lipinski definition) is 4. The molecule has 0 N–H and O–H groups in total. The number of hydrogen-bond donors (Lipinski definition) is 0. The molecule has 0 amide bonds. The quantitative estimate of drug-likeness (QED) is 0.652. The molecule has 0 aliphatic carbocycles. The van der Waals surface area contributed by atoms with Crippen molar-refractivity contribution in [2.24, 2.45) is 0 Å². The van der Waals surface area contributed by atoms with Gasteiger partial charge in [0.05, 0.1) is 12.8 Å². The lowest BCUT2D eigenvalue weighted by molar-refractivity contribution is -0.140. The summed E-state index contributed by atoms with van der Waals surface area (Å²) in [6.07, 6.45) is 0.233. The molecule has 0 unspecified atom stereocenters. The molecule has 0 atom stereocenters. The third-order valence-electron chi connectivity index (χ3n) is 2.01. The van der Waals surface area contributed by atoms with Gasteiger partial charge in [0.1, 0.15) is 0 Å². The van der Waals surface area contributed by atoms with Crippen LogP contribution in [0, 0.1) is 0 Å². The largest absolute Gasteiger partial charge is 0.521 e. The summed E-state index contributed by atoms with van der Waals surface area (Å²) in [6.45, 7) is 7.86. The maximum atomic E-state index is 11.3. The van der Waals surface area contributed by atoms with Gasteiger partial charge in [0.25, 0.3) is 11.9 Å². The molecule has 6 heteroatoms. The maximum Gasteiger partial charge on any atom is 0.292 e. The minimum Gasteiger partial charge on any atom is -0.521 e. The minimum atomic E-state index is -0.920. The van der Waals surface area contributed by atoms with Crippen molar-refractivity contribution in [3.63, 3.8) is 0 Å². The summed E-state index contributed by atoms with van der Waals surface area (Å²) in [5, 5.41) is 0. The van der Waals surface area contributed by atoms with Gasteiger partial charge in [0.2, 0.25) is 19.5 Å². The summed E-state index contributed by atoms with van der Waals surface area (Å²) in [4.78, 5) is 22.6. The van der Waals surface area contributed by atoms with E-state index in [2.05, 4.69) is 0 Å². The molecule has 18 heavy (non-hydrogen) atoms. The zero-order chi connectivity index (χ0) is 14.0. The molecule has 0 aromatic heterocycles. The van der Waals surface area contributed by atoms with E-state index in [1.807, 2.05) is 39.1 Å². The monoisotopic (exact) mass is 286 g/mol. The maximum absolute atomic E-state index is 11.3. The molecule has 0 spiro atoms. The van der Waals surface area contributed by atoms with Gasteiger partial charge in [-0.1, -0.05) is 22.5 Å². The van der Waals surface area contributed by atoms with Crippen molar-refractivity contribution in [3.8, 4) is 0 Å². The van der Waals surface area contributed by atoms with Crippen molar-refractivity contribution in [3.05, 3.63) is 22.5 Å². The highest BCUT2D eigenvalue weighted by molar-refractivity contribution is 6.37. The molecule has 0 saturated heterocycles. The van der Waals surface area contributed by atoms with Gasteiger partial charge in [0.15, 0.2) is 0 Å². The lowest BCUT2D eigenvalue weighted by atomic mass is 10.3. The lowest BCUT2D eigenvalue weighted by Gasteiger charge is -2.03. The van der Waals surface area contributed by atoms with E-state index in [-0.39, 0.29) is 24.8 Å². The van der Waals surface area contributed by atoms with Crippen LogP contribution in [0.1, 0.15) is 40.5 Å². The zero-order valence-electron chi connectivity index (χ0n) is 11.6. The average Bonchev–Trinajstić information content (AvgIpc) is 2.25. The predicted molar refractivity (Wildman–Crippen MR) is 77.4 cm³/mol. The van der Waals surface area contributed by atoms with Crippen molar-refractivity contribution < 1.29 is 18.4 Å². The summed E-state index contributed by atoms with van der Waals surface area (Å²) < 4.78 is 10.1. The normalized spacial score (nSPS) is 10.7. The summed E-state index contributed by atoms with van der Waals surface area (Å²) in [7, 11) is -1.84. The summed E-state index contributed by atoms with van der Waals surface area (Å²) in [5.41, 5.74) is 6.22. The van der Waals surface area contributed by atoms with Crippen LogP contribution in [-0.4, -0.2) is 31.5 Å². The third kappa shape index (κ3) is 11.3. The van der Waals surface area contributed by atoms with Crippen molar-refractivity contribution in [2.45, 2.75) is 40.5 Å². The van der Waals surface area contributed by atoms with Gasteiger partial charge in [-0.25, -0.2) is 0 Å². The Morgan fingerprint density at radius 2 is 1.17 bits per heavy atom. The van der Waals surface area contributed by atoms with Crippen LogP contribution < -0.4 is 0 Å². The fourth-order valence-electron chi connectivity index (χ4n) is 0.951. The molecule has 0 fully saturated rings. The first-order valence-electron chi connectivity index (χ1n) is 5.99. The summed E-state index contributed by atoms with van der Waals surface area (Å²) in [6, 6.07) is 0. The molecule has 0 aliphatic rings. The van der Waals surface area contributed by atoms with E-state index >= 15 is 0 Å². The number of carbonyl (C=O) groups is 2. The fourth-order valence-corrected chi connectivity index (χ4v) is 2.44. The molecule has 4 nitrogen and oxygen atoms in total. The van der Waals surface area contributed by atoms with Crippen LogP contribution in [0.25, 0.3) is 0 Å². The Hall–Kier alpha value is -1.15. The number of rotatable bonds is 7. The highest BCUT2D eigenvalue weighted by atomic mass is 28.2. The van der Waals surface area contributed by atoms with Crippen LogP contribution in [0.4, 0.5) is 0 Å².